The van der Waals surface area contributed by atoms with Crippen LogP contribution in [0, 0.1) is 5.92 Å². The fourth-order valence-electron chi connectivity index (χ4n) is 3.68. The molecule has 0 radical (unpaired) electrons. The minimum Gasteiger partial charge on any atom is -0.316 e. The first-order valence-corrected chi connectivity index (χ1v) is 8.80. The van der Waals surface area contributed by atoms with Crippen LogP contribution in [0.25, 0.3) is 0 Å². The van der Waals surface area contributed by atoms with Gasteiger partial charge in [-0.1, -0.05) is 34.1 Å². The lowest BCUT2D eigenvalue weighted by molar-refractivity contribution is 0.169. The van der Waals surface area contributed by atoms with Crippen LogP contribution in [-0.4, -0.2) is 37.6 Å². The summed E-state index contributed by atoms with van der Waals surface area (Å²) in [5.41, 5.74) is 1.51. The zero-order valence-corrected chi connectivity index (χ0v) is 15.0. The molecule has 2 fully saturated rings. The molecule has 1 N–H and O–H groups in total. The number of nitrogens with zero attached hydrogens (tertiary/aromatic N) is 1. The number of benzene rings is 1. The monoisotopic (exact) mass is 372 g/mol. The van der Waals surface area contributed by atoms with Crippen molar-refractivity contribution < 1.29 is 0 Å². The van der Waals surface area contributed by atoms with Crippen LogP contribution in [0.5, 0.6) is 0 Å². The van der Waals surface area contributed by atoms with Gasteiger partial charge in [0, 0.05) is 11.0 Å². The van der Waals surface area contributed by atoms with Crippen molar-refractivity contribution in [3.63, 3.8) is 0 Å². The highest BCUT2D eigenvalue weighted by Gasteiger charge is 2.24. The molecule has 3 rings (SSSR count). The SMILES string of the molecule is Brc1ccccc1C1CCN(CC2CCCNC2)CC1.Cl. The van der Waals surface area contributed by atoms with E-state index in [1.54, 1.807) is 0 Å². The Labute approximate surface area is 143 Å². The van der Waals surface area contributed by atoms with Gasteiger partial charge in [0.25, 0.3) is 0 Å². The summed E-state index contributed by atoms with van der Waals surface area (Å²) in [4.78, 5) is 2.69. The van der Waals surface area contributed by atoms with Crippen LogP contribution in [-0.2, 0) is 0 Å². The Balaban J connectivity index is 0.00000161. The van der Waals surface area contributed by atoms with E-state index in [0.717, 1.165) is 11.8 Å². The van der Waals surface area contributed by atoms with Gasteiger partial charge in [0.15, 0.2) is 0 Å². The first-order valence-electron chi connectivity index (χ1n) is 8.00. The number of hydrogen-bond donors (Lipinski definition) is 1. The van der Waals surface area contributed by atoms with E-state index in [4.69, 9.17) is 0 Å². The third kappa shape index (κ3) is 4.69. The smallest absolute Gasteiger partial charge is 0.0210 e. The van der Waals surface area contributed by atoms with E-state index in [2.05, 4.69) is 50.4 Å². The van der Waals surface area contributed by atoms with Gasteiger partial charge in [-0.3, -0.25) is 0 Å². The third-order valence-electron chi connectivity index (χ3n) is 4.85. The Morgan fingerprint density at radius 3 is 2.57 bits per heavy atom. The minimum atomic E-state index is 0. The van der Waals surface area contributed by atoms with Crippen LogP contribution in [0.4, 0.5) is 0 Å². The molecule has 1 aromatic carbocycles. The van der Waals surface area contributed by atoms with Crippen LogP contribution >= 0.6 is 28.3 Å². The molecular formula is C17H26BrClN2. The summed E-state index contributed by atoms with van der Waals surface area (Å²) in [7, 11) is 0. The van der Waals surface area contributed by atoms with Crippen LogP contribution in [0.15, 0.2) is 28.7 Å². The number of likely N-dealkylation sites (tertiary alicyclic amines) is 1. The Morgan fingerprint density at radius 2 is 1.90 bits per heavy atom. The molecule has 2 saturated heterocycles. The van der Waals surface area contributed by atoms with Gasteiger partial charge in [-0.25, -0.2) is 0 Å². The highest BCUT2D eigenvalue weighted by Crippen LogP contribution is 2.33. The third-order valence-corrected chi connectivity index (χ3v) is 5.57. The average molecular weight is 374 g/mol. The summed E-state index contributed by atoms with van der Waals surface area (Å²) in [6, 6.07) is 8.74. The average Bonchev–Trinajstić information content (AvgIpc) is 2.50. The second kappa shape index (κ2) is 8.52. The topological polar surface area (TPSA) is 15.3 Å². The first-order chi connectivity index (χ1) is 9.83. The summed E-state index contributed by atoms with van der Waals surface area (Å²) >= 11 is 3.70. The Kier molecular flexibility index (Phi) is 7.00. The zero-order valence-electron chi connectivity index (χ0n) is 12.6. The number of piperidine rings is 2. The zero-order chi connectivity index (χ0) is 13.8. The number of rotatable bonds is 3. The normalized spacial score (nSPS) is 24.5. The van der Waals surface area contributed by atoms with Gasteiger partial charge < -0.3 is 10.2 Å². The summed E-state index contributed by atoms with van der Waals surface area (Å²) in [5.74, 6) is 1.62. The fourth-order valence-corrected chi connectivity index (χ4v) is 4.29. The molecule has 118 valence electrons. The van der Waals surface area contributed by atoms with Gasteiger partial charge in [0.1, 0.15) is 0 Å². The van der Waals surface area contributed by atoms with Crippen molar-refractivity contribution in [1.29, 1.82) is 0 Å². The predicted octanol–water partition coefficient (Wildman–Crippen LogP) is 4.05. The molecule has 0 spiro atoms. The van der Waals surface area contributed by atoms with Crippen LogP contribution in [0.3, 0.4) is 0 Å². The van der Waals surface area contributed by atoms with Crippen LogP contribution in [0.1, 0.15) is 37.2 Å². The van der Waals surface area contributed by atoms with Gasteiger partial charge in [0.05, 0.1) is 0 Å². The second-order valence-electron chi connectivity index (χ2n) is 6.31. The molecule has 2 aliphatic heterocycles. The van der Waals surface area contributed by atoms with Crippen molar-refractivity contribution in [2.45, 2.75) is 31.6 Å². The molecule has 0 saturated carbocycles. The first kappa shape index (κ1) is 17.3. The van der Waals surface area contributed by atoms with Crippen molar-refractivity contribution in [3.8, 4) is 0 Å². The van der Waals surface area contributed by atoms with E-state index in [1.165, 1.54) is 68.4 Å². The van der Waals surface area contributed by atoms with Crippen LogP contribution < -0.4 is 5.32 Å². The van der Waals surface area contributed by atoms with Gasteiger partial charge in [-0.2, -0.15) is 0 Å². The van der Waals surface area contributed by atoms with Gasteiger partial charge in [-0.15, -0.1) is 12.4 Å². The van der Waals surface area contributed by atoms with E-state index >= 15 is 0 Å². The van der Waals surface area contributed by atoms with E-state index in [9.17, 15) is 0 Å². The summed E-state index contributed by atoms with van der Waals surface area (Å²) in [6.07, 6.45) is 5.39. The highest BCUT2D eigenvalue weighted by atomic mass is 79.9. The molecule has 2 heterocycles. The lowest BCUT2D eigenvalue weighted by atomic mass is 9.88. The van der Waals surface area contributed by atoms with Gasteiger partial charge in [-0.05, 0) is 75.3 Å². The lowest BCUT2D eigenvalue weighted by Crippen LogP contribution is -2.41. The molecule has 2 aliphatic rings. The molecule has 0 bridgehead atoms. The lowest BCUT2D eigenvalue weighted by Gasteiger charge is -2.35. The molecule has 0 amide bonds. The predicted molar refractivity (Wildman–Crippen MR) is 95.4 cm³/mol. The fraction of sp³-hybridized carbons (Fsp3) is 0.647. The van der Waals surface area contributed by atoms with Crippen molar-refractivity contribution in [2.75, 3.05) is 32.7 Å². The molecule has 1 unspecified atom stereocenters. The largest absolute Gasteiger partial charge is 0.316 e. The Bertz CT molecular complexity index is 427. The molecule has 0 aromatic heterocycles. The molecule has 0 aliphatic carbocycles. The van der Waals surface area contributed by atoms with Gasteiger partial charge in [0.2, 0.25) is 0 Å². The van der Waals surface area contributed by atoms with E-state index < -0.39 is 0 Å². The maximum Gasteiger partial charge on any atom is 0.0210 e. The van der Waals surface area contributed by atoms with Gasteiger partial charge >= 0.3 is 0 Å². The van der Waals surface area contributed by atoms with Crippen molar-refractivity contribution in [2.24, 2.45) is 5.92 Å². The standard InChI is InChI=1S/C17H25BrN2.ClH/c18-17-6-2-1-5-16(17)15-7-10-20(11-8-15)13-14-4-3-9-19-12-14;/h1-2,5-6,14-15,19H,3-4,7-13H2;1H. The quantitative estimate of drug-likeness (QED) is 0.860. The van der Waals surface area contributed by atoms with E-state index in [0.29, 0.717) is 0 Å². The number of halogens is 2. The number of hydrogen-bond acceptors (Lipinski definition) is 2. The summed E-state index contributed by atoms with van der Waals surface area (Å²) in [6.45, 7) is 6.28. The Morgan fingerprint density at radius 1 is 1.14 bits per heavy atom. The second-order valence-corrected chi connectivity index (χ2v) is 7.16. The van der Waals surface area contributed by atoms with Crippen molar-refractivity contribution in [1.82, 2.24) is 10.2 Å². The Hall–Kier alpha value is -0.0900. The molecule has 1 aromatic rings. The molecule has 21 heavy (non-hydrogen) atoms. The summed E-state index contributed by atoms with van der Waals surface area (Å²) < 4.78 is 1.29. The molecule has 4 heteroatoms. The highest BCUT2D eigenvalue weighted by molar-refractivity contribution is 9.10. The van der Waals surface area contributed by atoms with Crippen molar-refractivity contribution in [3.05, 3.63) is 34.3 Å². The van der Waals surface area contributed by atoms with E-state index in [-0.39, 0.29) is 12.4 Å². The van der Waals surface area contributed by atoms with Crippen LogP contribution in [0.2, 0.25) is 0 Å². The maximum atomic E-state index is 3.70. The van der Waals surface area contributed by atoms with E-state index in [1.807, 2.05) is 0 Å². The number of nitrogens with one attached hydrogen (secondary N) is 1. The molecule has 2 nitrogen and oxygen atoms in total. The minimum absolute atomic E-state index is 0. The van der Waals surface area contributed by atoms with Crippen molar-refractivity contribution >= 4 is 28.3 Å². The molecule has 1 atom stereocenters. The molecular weight excluding hydrogens is 348 g/mol. The maximum absolute atomic E-state index is 3.70. The summed E-state index contributed by atoms with van der Waals surface area (Å²) in [5, 5.41) is 3.53.